The summed E-state index contributed by atoms with van der Waals surface area (Å²) in [5.74, 6) is 0.713. The third kappa shape index (κ3) is 5.60. The molecule has 0 N–H and O–H groups in total. The van der Waals surface area contributed by atoms with Crippen molar-refractivity contribution < 1.29 is 4.79 Å². The van der Waals surface area contributed by atoms with Crippen molar-refractivity contribution in [2.75, 3.05) is 13.1 Å². The van der Waals surface area contributed by atoms with E-state index in [1.54, 1.807) is 0 Å². The van der Waals surface area contributed by atoms with Crippen LogP contribution in [0, 0.1) is 5.92 Å². The minimum atomic E-state index is 0.288. The Labute approximate surface area is 94.4 Å². The van der Waals surface area contributed by atoms with E-state index in [1.165, 1.54) is 0 Å². The summed E-state index contributed by atoms with van der Waals surface area (Å²) in [6, 6.07) is 0. The lowest BCUT2D eigenvalue weighted by atomic mass is 9.98. The molecule has 15 heavy (non-hydrogen) atoms. The molecule has 0 aliphatic rings. The molecule has 0 fully saturated rings. The number of carbonyl (C=O) groups is 1. The molecule has 0 aromatic carbocycles. The summed E-state index contributed by atoms with van der Waals surface area (Å²) in [4.78, 5) is 13.8. The lowest BCUT2D eigenvalue weighted by molar-refractivity contribution is -0.131. The zero-order valence-corrected chi connectivity index (χ0v) is 10.6. The predicted octanol–water partition coefficient (Wildman–Crippen LogP) is 3.24. The lowest BCUT2D eigenvalue weighted by Crippen LogP contribution is -2.31. The molecule has 2 nitrogen and oxygen atoms in total. The quantitative estimate of drug-likeness (QED) is 0.592. The summed E-state index contributed by atoms with van der Waals surface area (Å²) in [5, 5.41) is 0. The van der Waals surface area contributed by atoms with E-state index in [9.17, 15) is 4.79 Å². The molecule has 0 bridgehead atoms. The van der Waals surface area contributed by atoms with Crippen molar-refractivity contribution in [3.8, 4) is 0 Å². The Hall–Kier alpha value is -0.790. The molecule has 0 heterocycles. The zero-order chi connectivity index (χ0) is 11.7. The van der Waals surface area contributed by atoms with E-state index < -0.39 is 0 Å². The summed E-state index contributed by atoms with van der Waals surface area (Å²) in [6.45, 7) is 9.90. The lowest BCUT2D eigenvalue weighted by Gasteiger charge is -2.21. The number of hydrogen-bond donors (Lipinski definition) is 0. The number of rotatable bonds is 7. The highest BCUT2D eigenvalue weighted by atomic mass is 16.2. The largest absolute Gasteiger partial charge is 0.343 e. The fourth-order valence-corrected chi connectivity index (χ4v) is 1.84. The molecule has 0 saturated heterocycles. The SMILES string of the molecule is CC=CC(CCC)CC(=O)N(CC)CC. The van der Waals surface area contributed by atoms with Crippen LogP contribution in [0.2, 0.25) is 0 Å². The Kier molecular flexibility index (Phi) is 8.06. The standard InChI is InChI=1S/C13H25NO/c1-5-9-12(10-6-2)11-13(15)14(7-3)8-4/h5,9,12H,6-8,10-11H2,1-4H3. The minimum absolute atomic E-state index is 0.288. The second-order valence-corrected chi connectivity index (χ2v) is 3.84. The molecule has 88 valence electrons. The highest BCUT2D eigenvalue weighted by Gasteiger charge is 2.14. The Balaban J connectivity index is 4.20. The van der Waals surface area contributed by atoms with Gasteiger partial charge in [-0.25, -0.2) is 0 Å². The van der Waals surface area contributed by atoms with Gasteiger partial charge in [-0.05, 0) is 33.1 Å². The van der Waals surface area contributed by atoms with Crippen molar-refractivity contribution in [2.45, 2.75) is 47.0 Å². The molecule has 0 radical (unpaired) electrons. The van der Waals surface area contributed by atoms with Gasteiger partial charge in [0.05, 0.1) is 0 Å². The van der Waals surface area contributed by atoms with E-state index in [2.05, 4.69) is 19.1 Å². The van der Waals surface area contributed by atoms with Crippen LogP contribution in [0.5, 0.6) is 0 Å². The van der Waals surface area contributed by atoms with Crippen molar-refractivity contribution in [1.82, 2.24) is 4.90 Å². The minimum Gasteiger partial charge on any atom is -0.343 e. The van der Waals surface area contributed by atoms with Crippen LogP contribution in [0.3, 0.4) is 0 Å². The maximum Gasteiger partial charge on any atom is 0.223 e. The number of allylic oxidation sites excluding steroid dienone is 2. The molecule has 0 spiro atoms. The van der Waals surface area contributed by atoms with Gasteiger partial charge >= 0.3 is 0 Å². The van der Waals surface area contributed by atoms with E-state index in [0.29, 0.717) is 12.3 Å². The molecule has 0 aliphatic heterocycles. The second kappa shape index (κ2) is 8.51. The first-order valence-electron chi connectivity index (χ1n) is 6.10. The average Bonchev–Trinajstić information content (AvgIpc) is 2.20. The van der Waals surface area contributed by atoms with Crippen LogP contribution in [0.1, 0.15) is 47.0 Å². The van der Waals surface area contributed by atoms with Crippen molar-refractivity contribution in [3.05, 3.63) is 12.2 Å². The number of carbonyl (C=O) groups excluding carboxylic acids is 1. The van der Waals surface area contributed by atoms with Gasteiger partial charge in [-0.3, -0.25) is 4.79 Å². The first-order valence-corrected chi connectivity index (χ1v) is 6.10. The number of amides is 1. The van der Waals surface area contributed by atoms with Gasteiger partial charge in [-0.2, -0.15) is 0 Å². The van der Waals surface area contributed by atoms with Gasteiger partial charge in [0.15, 0.2) is 0 Å². The van der Waals surface area contributed by atoms with Crippen molar-refractivity contribution in [1.29, 1.82) is 0 Å². The highest BCUT2D eigenvalue weighted by Crippen LogP contribution is 2.14. The van der Waals surface area contributed by atoms with Crippen LogP contribution in [-0.2, 0) is 4.79 Å². The molecule has 0 aromatic heterocycles. The predicted molar refractivity (Wildman–Crippen MR) is 65.8 cm³/mol. The average molecular weight is 211 g/mol. The monoisotopic (exact) mass is 211 g/mol. The summed E-state index contributed by atoms with van der Waals surface area (Å²) >= 11 is 0. The van der Waals surface area contributed by atoms with Crippen LogP contribution in [0.25, 0.3) is 0 Å². The third-order valence-corrected chi connectivity index (χ3v) is 2.68. The van der Waals surface area contributed by atoms with Gasteiger partial charge in [0, 0.05) is 19.5 Å². The summed E-state index contributed by atoms with van der Waals surface area (Å²) in [5.41, 5.74) is 0. The molecular formula is C13H25NO. The van der Waals surface area contributed by atoms with E-state index in [1.807, 2.05) is 25.7 Å². The topological polar surface area (TPSA) is 20.3 Å². The number of hydrogen-bond acceptors (Lipinski definition) is 1. The summed E-state index contributed by atoms with van der Waals surface area (Å²) < 4.78 is 0. The summed E-state index contributed by atoms with van der Waals surface area (Å²) in [7, 11) is 0. The highest BCUT2D eigenvalue weighted by molar-refractivity contribution is 5.76. The third-order valence-electron chi connectivity index (χ3n) is 2.68. The Morgan fingerprint density at radius 1 is 1.27 bits per heavy atom. The van der Waals surface area contributed by atoms with Crippen LogP contribution in [-0.4, -0.2) is 23.9 Å². The van der Waals surface area contributed by atoms with Crippen LogP contribution < -0.4 is 0 Å². The molecule has 1 amide bonds. The fourth-order valence-electron chi connectivity index (χ4n) is 1.84. The number of nitrogens with zero attached hydrogens (tertiary/aromatic N) is 1. The van der Waals surface area contributed by atoms with Crippen LogP contribution >= 0.6 is 0 Å². The molecule has 0 aromatic rings. The molecule has 0 saturated carbocycles. The molecular weight excluding hydrogens is 186 g/mol. The van der Waals surface area contributed by atoms with Gasteiger partial charge in [-0.1, -0.05) is 25.5 Å². The molecule has 1 unspecified atom stereocenters. The normalized spacial score (nSPS) is 13.1. The van der Waals surface area contributed by atoms with Crippen molar-refractivity contribution in [2.24, 2.45) is 5.92 Å². The maximum absolute atomic E-state index is 11.9. The second-order valence-electron chi connectivity index (χ2n) is 3.84. The molecule has 0 aliphatic carbocycles. The van der Waals surface area contributed by atoms with Gasteiger partial charge < -0.3 is 4.90 Å². The molecule has 2 heteroatoms. The van der Waals surface area contributed by atoms with Gasteiger partial charge in [0.1, 0.15) is 0 Å². The molecule has 1 atom stereocenters. The Bertz CT molecular complexity index is 195. The molecule has 0 rings (SSSR count). The van der Waals surface area contributed by atoms with Crippen molar-refractivity contribution in [3.63, 3.8) is 0 Å². The maximum atomic E-state index is 11.9. The van der Waals surface area contributed by atoms with E-state index in [4.69, 9.17) is 0 Å². The van der Waals surface area contributed by atoms with E-state index in [-0.39, 0.29) is 5.91 Å². The first kappa shape index (κ1) is 14.2. The van der Waals surface area contributed by atoms with Crippen LogP contribution in [0.4, 0.5) is 0 Å². The van der Waals surface area contributed by atoms with Gasteiger partial charge in [0.25, 0.3) is 0 Å². The van der Waals surface area contributed by atoms with Gasteiger partial charge in [0.2, 0.25) is 5.91 Å². The Morgan fingerprint density at radius 2 is 1.87 bits per heavy atom. The zero-order valence-electron chi connectivity index (χ0n) is 10.6. The van der Waals surface area contributed by atoms with Crippen LogP contribution in [0.15, 0.2) is 12.2 Å². The first-order chi connectivity index (χ1) is 7.19. The van der Waals surface area contributed by atoms with Gasteiger partial charge in [-0.15, -0.1) is 0 Å². The Morgan fingerprint density at radius 3 is 2.27 bits per heavy atom. The van der Waals surface area contributed by atoms with E-state index in [0.717, 1.165) is 25.9 Å². The van der Waals surface area contributed by atoms with E-state index >= 15 is 0 Å². The fraction of sp³-hybridized carbons (Fsp3) is 0.769. The smallest absolute Gasteiger partial charge is 0.223 e. The van der Waals surface area contributed by atoms with Crippen molar-refractivity contribution >= 4 is 5.91 Å². The summed E-state index contributed by atoms with van der Waals surface area (Å²) in [6.07, 6.45) is 7.12.